The average Bonchev–Trinajstić information content (AvgIpc) is 3.16. The van der Waals surface area contributed by atoms with Crippen LogP contribution in [0, 0.1) is 0 Å². The molecule has 7 nitrogen and oxygen atoms in total. The maximum atomic E-state index is 12.6. The average molecular weight is 426 g/mol. The molecule has 0 aliphatic carbocycles. The molecule has 1 atom stereocenters. The van der Waals surface area contributed by atoms with Gasteiger partial charge in [0, 0.05) is 36.9 Å². The van der Waals surface area contributed by atoms with Crippen molar-refractivity contribution in [1.82, 2.24) is 15.1 Å². The number of nitrogens with zero attached hydrogens (tertiary/aromatic N) is 1. The summed E-state index contributed by atoms with van der Waals surface area (Å²) in [6.45, 7) is 18.7. The third kappa shape index (κ3) is 5.98. The smallest absolute Gasteiger partial charge is 0.410 e. The quantitative estimate of drug-likeness (QED) is 0.523. The second-order valence-corrected chi connectivity index (χ2v) is 15.6. The molecule has 0 saturated carbocycles. The molecule has 0 bridgehead atoms. The molecule has 1 amide bonds. The van der Waals surface area contributed by atoms with E-state index in [1.807, 2.05) is 20.8 Å². The summed E-state index contributed by atoms with van der Waals surface area (Å²) < 4.78 is 11.9. The first kappa shape index (κ1) is 23.7. The van der Waals surface area contributed by atoms with Crippen LogP contribution in [0.5, 0.6) is 0 Å². The van der Waals surface area contributed by atoms with Crippen LogP contribution in [0.3, 0.4) is 0 Å². The van der Waals surface area contributed by atoms with Gasteiger partial charge in [-0.05, 0) is 58.2 Å². The fourth-order valence-corrected chi connectivity index (χ4v) is 4.57. The predicted molar refractivity (Wildman–Crippen MR) is 118 cm³/mol. The second kappa shape index (κ2) is 8.30. The number of aromatic nitrogens is 2. The molecule has 0 radical (unpaired) electrons. The normalized spacial score (nSPS) is 20.9. The van der Waals surface area contributed by atoms with Crippen LogP contribution in [0.4, 0.5) is 4.79 Å². The molecule has 29 heavy (non-hydrogen) atoms. The van der Waals surface area contributed by atoms with Gasteiger partial charge in [0.05, 0.1) is 0 Å². The molecule has 0 unspecified atom stereocenters. The maximum Gasteiger partial charge on any atom is 0.410 e. The fraction of sp³-hybridized carbons (Fsp3) is 0.810. The van der Waals surface area contributed by atoms with Crippen molar-refractivity contribution in [2.24, 2.45) is 0 Å². The Morgan fingerprint density at radius 1 is 1.21 bits per heavy atom. The van der Waals surface area contributed by atoms with Crippen LogP contribution < -0.4 is 5.56 Å². The Labute approximate surface area is 175 Å². The largest absolute Gasteiger partial charge is 0.444 e. The molecule has 166 valence electrons. The lowest BCUT2D eigenvalue weighted by Gasteiger charge is -2.36. The number of carbonyl (C=O) groups is 1. The molecule has 8 heteroatoms. The van der Waals surface area contributed by atoms with Crippen molar-refractivity contribution in [2.75, 3.05) is 19.7 Å². The molecule has 0 aromatic carbocycles. The molecular formula is C21H39N3O4Si. The number of ether oxygens (including phenoxy) is 1. The molecule has 0 spiro atoms. The molecule has 1 aliphatic heterocycles. The van der Waals surface area contributed by atoms with E-state index in [9.17, 15) is 9.59 Å². The lowest BCUT2D eigenvalue weighted by atomic mass is 9.79. The molecule has 1 aliphatic rings. The van der Waals surface area contributed by atoms with E-state index in [4.69, 9.17) is 9.16 Å². The van der Waals surface area contributed by atoms with Crippen LogP contribution in [-0.2, 0) is 14.6 Å². The van der Waals surface area contributed by atoms with Crippen molar-refractivity contribution in [2.45, 2.75) is 90.0 Å². The Morgan fingerprint density at radius 2 is 1.86 bits per heavy atom. The van der Waals surface area contributed by atoms with E-state index in [1.165, 1.54) is 0 Å². The van der Waals surface area contributed by atoms with Crippen molar-refractivity contribution < 1.29 is 14.0 Å². The number of amides is 1. The zero-order valence-electron chi connectivity index (χ0n) is 19.4. The van der Waals surface area contributed by atoms with E-state index in [0.717, 1.165) is 25.0 Å². The first-order valence-corrected chi connectivity index (χ1v) is 13.5. The lowest BCUT2D eigenvalue weighted by Crippen LogP contribution is -2.41. The topological polar surface area (TPSA) is 87.4 Å². The Hall–Kier alpha value is -1.54. The van der Waals surface area contributed by atoms with Crippen molar-refractivity contribution in [3.8, 4) is 0 Å². The first-order valence-electron chi connectivity index (χ1n) is 10.6. The van der Waals surface area contributed by atoms with Gasteiger partial charge in [-0.3, -0.25) is 9.89 Å². The monoisotopic (exact) mass is 425 g/mol. The molecule has 1 aromatic heterocycles. The molecule has 2 N–H and O–H groups in total. The number of carbonyl (C=O) groups excluding carboxylic acids is 1. The number of aromatic amines is 2. The maximum absolute atomic E-state index is 12.6. The number of nitrogens with one attached hydrogen (secondary N) is 2. The van der Waals surface area contributed by atoms with E-state index >= 15 is 0 Å². The van der Waals surface area contributed by atoms with Gasteiger partial charge in [-0.1, -0.05) is 20.8 Å². The first-order chi connectivity index (χ1) is 13.2. The van der Waals surface area contributed by atoms with Crippen LogP contribution in [0.2, 0.25) is 18.1 Å². The summed E-state index contributed by atoms with van der Waals surface area (Å²) in [5.74, 6) is 0. The molecule has 2 heterocycles. The Morgan fingerprint density at radius 3 is 2.38 bits per heavy atom. The van der Waals surface area contributed by atoms with Crippen molar-refractivity contribution in [3.63, 3.8) is 0 Å². The molecule has 1 saturated heterocycles. The summed E-state index contributed by atoms with van der Waals surface area (Å²) >= 11 is 0. The van der Waals surface area contributed by atoms with Gasteiger partial charge in [-0.2, -0.15) is 0 Å². The van der Waals surface area contributed by atoms with Crippen LogP contribution in [0.1, 0.15) is 66.5 Å². The molecule has 1 aromatic rings. The summed E-state index contributed by atoms with van der Waals surface area (Å²) in [6, 6.07) is 1.62. The van der Waals surface area contributed by atoms with Gasteiger partial charge in [0.2, 0.25) is 0 Å². The number of hydrogen-bond donors (Lipinski definition) is 2. The van der Waals surface area contributed by atoms with E-state index in [2.05, 4.69) is 44.1 Å². The van der Waals surface area contributed by atoms with Crippen molar-refractivity contribution >= 4 is 14.4 Å². The van der Waals surface area contributed by atoms with E-state index < -0.39 is 13.9 Å². The lowest BCUT2D eigenvalue weighted by molar-refractivity contribution is 0.0282. The summed E-state index contributed by atoms with van der Waals surface area (Å²) in [6.07, 6.45) is 2.21. The van der Waals surface area contributed by atoms with Crippen LogP contribution in [0.25, 0.3) is 0 Å². The summed E-state index contributed by atoms with van der Waals surface area (Å²) in [4.78, 5) is 26.1. The third-order valence-electron chi connectivity index (χ3n) is 6.24. The number of H-pyrrole nitrogens is 2. The van der Waals surface area contributed by atoms with Gasteiger partial charge in [0.1, 0.15) is 5.60 Å². The van der Waals surface area contributed by atoms with Gasteiger partial charge in [-0.25, -0.2) is 4.79 Å². The highest BCUT2D eigenvalue weighted by molar-refractivity contribution is 6.74. The molecule has 1 fully saturated rings. The van der Waals surface area contributed by atoms with Crippen LogP contribution >= 0.6 is 0 Å². The summed E-state index contributed by atoms with van der Waals surface area (Å²) in [5.41, 5.74) is -0.0947. The highest BCUT2D eigenvalue weighted by Gasteiger charge is 2.44. The standard InChI is InChI=1S/C21H39N3O4Si/c1-19(2,3)28-18(26)24-12-11-21(15-24,16-14-17(25)23-22-16)10-9-13-27-29(7,8)20(4,5)6/h14H,9-13,15H2,1-8H3,(H2,22,23,25)/t21-/m1/s1. The van der Waals surface area contributed by atoms with E-state index in [1.54, 1.807) is 11.0 Å². The molecule has 2 rings (SSSR count). The van der Waals surface area contributed by atoms with Crippen molar-refractivity contribution in [1.29, 1.82) is 0 Å². The highest BCUT2D eigenvalue weighted by Crippen LogP contribution is 2.39. The Balaban J connectivity index is 2.08. The highest BCUT2D eigenvalue weighted by atomic mass is 28.4. The molecular weight excluding hydrogens is 386 g/mol. The summed E-state index contributed by atoms with van der Waals surface area (Å²) in [7, 11) is -1.79. The van der Waals surface area contributed by atoms with Crippen LogP contribution in [0.15, 0.2) is 10.9 Å². The SMILES string of the molecule is CC(C)(C)OC(=O)N1CC[C@@](CCCO[Si](C)(C)C(C)(C)C)(c2cc(=O)[nH][nH]2)C1. The van der Waals surface area contributed by atoms with Gasteiger partial charge >= 0.3 is 6.09 Å². The third-order valence-corrected chi connectivity index (χ3v) is 10.8. The Kier molecular flexibility index (Phi) is 6.79. The van der Waals surface area contributed by atoms with Gasteiger partial charge in [0.15, 0.2) is 8.32 Å². The predicted octanol–water partition coefficient (Wildman–Crippen LogP) is 4.38. The second-order valence-electron chi connectivity index (χ2n) is 10.8. The zero-order chi connectivity index (χ0) is 22.1. The van der Waals surface area contributed by atoms with Crippen LogP contribution in [-0.4, -0.2) is 54.8 Å². The minimum atomic E-state index is -1.79. The Bertz CT molecular complexity index is 757. The number of rotatable bonds is 6. The van der Waals surface area contributed by atoms with E-state index in [0.29, 0.717) is 19.7 Å². The summed E-state index contributed by atoms with van der Waals surface area (Å²) in [5, 5.41) is 5.85. The fourth-order valence-electron chi connectivity index (χ4n) is 3.49. The minimum Gasteiger partial charge on any atom is -0.444 e. The van der Waals surface area contributed by atoms with E-state index in [-0.39, 0.29) is 22.1 Å². The van der Waals surface area contributed by atoms with Gasteiger partial charge in [-0.15, -0.1) is 0 Å². The number of hydrogen-bond acceptors (Lipinski definition) is 4. The zero-order valence-corrected chi connectivity index (χ0v) is 20.4. The van der Waals surface area contributed by atoms with Gasteiger partial charge < -0.3 is 19.2 Å². The van der Waals surface area contributed by atoms with Gasteiger partial charge in [0.25, 0.3) is 5.56 Å². The minimum absolute atomic E-state index is 0.146. The van der Waals surface area contributed by atoms with Crippen molar-refractivity contribution in [3.05, 3.63) is 22.1 Å². The number of likely N-dealkylation sites (tertiary alicyclic amines) is 1.